The number of urea groups is 1. The maximum atomic E-state index is 12.3. The van der Waals surface area contributed by atoms with Crippen molar-refractivity contribution in [1.29, 1.82) is 0 Å². The van der Waals surface area contributed by atoms with Gasteiger partial charge in [-0.15, -0.1) is 0 Å². The highest BCUT2D eigenvalue weighted by Gasteiger charge is 2.22. The van der Waals surface area contributed by atoms with Gasteiger partial charge in [-0.05, 0) is 11.6 Å². The van der Waals surface area contributed by atoms with E-state index < -0.39 is 0 Å². The van der Waals surface area contributed by atoms with Crippen molar-refractivity contribution in [2.75, 3.05) is 37.6 Å². The number of nitrogens with one attached hydrogen (secondary N) is 2. The molecule has 1 fully saturated rings. The molecule has 1 aromatic heterocycles. The Hall–Kier alpha value is -3.16. The standard InChI is InChI=1S/C18H22N6O2/c25-16(14-22-18(26)21-13-15-5-2-1-3-6-15)23-9-11-24(12-10-23)17-19-7-4-8-20-17/h1-8H,9-14H2,(H2,21,22,26). The van der Waals surface area contributed by atoms with Crippen molar-refractivity contribution in [1.82, 2.24) is 25.5 Å². The largest absolute Gasteiger partial charge is 0.338 e. The fourth-order valence-electron chi connectivity index (χ4n) is 2.72. The molecule has 3 rings (SSSR count). The second-order valence-corrected chi connectivity index (χ2v) is 5.94. The van der Waals surface area contributed by atoms with E-state index in [1.807, 2.05) is 35.2 Å². The predicted molar refractivity (Wildman–Crippen MR) is 97.5 cm³/mol. The molecule has 0 spiro atoms. The molecule has 0 saturated carbocycles. The van der Waals surface area contributed by atoms with Crippen LogP contribution in [0.1, 0.15) is 5.56 Å². The van der Waals surface area contributed by atoms with Gasteiger partial charge in [0.05, 0.1) is 6.54 Å². The van der Waals surface area contributed by atoms with E-state index in [2.05, 4.69) is 20.6 Å². The third kappa shape index (κ3) is 4.92. The fourth-order valence-corrected chi connectivity index (χ4v) is 2.72. The molecule has 1 saturated heterocycles. The highest BCUT2D eigenvalue weighted by atomic mass is 16.2. The summed E-state index contributed by atoms with van der Waals surface area (Å²) in [5.74, 6) is 0.589. The summed E-state index contributed by atoms with van der Waals surface area (Å²) in [5.41, 5.74) is 1.01. The van der Waals surface area contributed by atoms with E-state index in [9.17, 15) is 9.59 Å². The first-order valence-corrected chi connectivity index (χ1v) is 8.58. The number of rotatable bonds is 5. The van der Waals surface area contributed by atoms with E-state index in [-0.39, 0.29) is 18.5 Å². The van der Waals surface area contributed by atoms with Crippen LogP contribution < -0.4 is 15.5 Å². The number of hydrogen-bond donors (Lipinski definition) is 2. The van der Waals surface area contributed by atoms with Crippen LogP contribution in [-0.2, 0) is 11.3 Å². The lowest BCUT2D eigenvalue weighted by molar-refractivity contribution is -0.130. The summed E-state index contributed by atoms with van der Waals surface area (Å²) < 4.78 is 0. The number of hydrogen-bond acceptors (Lipinski definition) is 5. The molecular formula is C18H22N6O2. The highest BCUT2D eigenvalue weighted by molar-refractivity contribution is 5.84. The first-order chi connectivity index (χ1) is 12.7. The average Bonchev–Trinajstić information content (AvgIpc) is 2.72. The van der Waals surface area contributed by atoms with E-state index in [0.717, 1.165) is 5.56 Å². The van der Waals surface area contributed by atoms with Crippen molar-refractivity contribution in [3.63, 3.8) is 0 Å². The van der Waals surface area contributed by atoms with Crippen LogP contribution in [-0.4, -0.2) is 59.5 Å². The molecule has 2 heterocycles. The summed E-state index contributed by atoms with van der Waals surface area (Å²) in [6.45, 7) is 2.94. The monoisotopic (exact) mass is 354 g/mol. The normalized spacial score (nSPS) is 14.0. The number of carbonyl (C=O) groups excluding carboxylic acids is 2. The maximum Gasteiger partial charge on any atom is 0.315 e. The smallest absolute Gasteiger partial charge is 0.315 e. The summed E-state index contributed by atoms with van der Waals surface area (Å²) in [6.07, 6.45) is 3.41. The van der Waals surface area contributed by atoms with E-state index in [1.54, 1.807) is 23.4 Å². The summed E-state index contributed by atoms with van der Waals surface area (Å²) >= 11 is 0. The van der Waals surface area contributed by atoms with Crippen LogP contribution in [0, 0.1) is 0 Å². The van der Waals surface area contributed by atoms with Gasteiger partial charge in [0, 0.05) is 45.1 Å². The third-order valence-corrected chi connectivity index (χ3v) is 4.16. The van der Waals surface area contributed by atoms with Gasteiger partial charge in [-0.1, -0.05) is 30.3 Å². The Morgan fingerprint density at radius 3 is 2.31 bits per heavy atom. The predicted octanol–water partition coefficient (Wildman–Crippen LogP) is 0.625. The Morgan fingerprint density at radius 1 is 0.923 bits per heavy atom. The van der Waals surface area contributed by atoms with Gasteiger partial charge >= 0.3 is 6.03 Å². The van der Waals surface area contributed by atoms with E-state index in [1.165, 1.54) is 0 Å². The van der Waals surface area contributed by atoms with Crippen molar-refractivity contribution < 1.29 is 9.59 Å². The number of benzene rings is 1. The van der Waals surface area contributed by atoms with Gasteiger partial charge in [0.2, 0.25) is 11.9 Å². The molecule has 0 aliphatic carbocycles. The minimum Gasteiger partial charge on any atom is -0.338 e. The molecule has 3 amide bonds. The zero-order valence-corrected chi connectivity index (χ0v) is 14.5. The zero-order valence-electron chi connectivity index (χ0n) is 14.5. The Kier molecular flexibility index (Phi) is 5.97. The topological polar surface area (TPSA) is 90.5 Å². The van der Waals surface area contributed by atoms with Gasteiger partial charge in [-0.25, -0.2) is 14.8 Å². The van der Waals surface area contributed by atoms with Gasteiger partial charge < -0.3 is 20.4 Å². The Labute approximate surface area is 152 Å². The lowest BCUT2D eigenvalue weighted by atomic mass is 10.2. The number of carbonyl (C=O) groups is 2. The van der Waals surface area contributed by atoms with Crippen molar-refractivity contribution >= 4 is 17.9 Å². The second kappa shape index (κ2) is 8.80. The Balaban J connectivity index is 1.37. The Bertz CT molecular complexity index is 717. The van der Waals surface area contributed by atoms with Crippen molar-refractivity contribution in [2.45, 2.75) is 6.54 Å². The molecule has 0 bridgehead atoms. The Morgan fingerprint density at radius 2 is 1.62 bits per heavy atom. The van der Waals surface area contributed by atoms with Crippen LogP contribution in [0.2, 0.25) is 0 Å². The first kappa shape index (κ1) is 17.7. The van der Waals surface area contributed by atoms with Crippen LogP contribution in [0.3, 0.4) is 0 Å². The van der Waals surface area contributed by atoms with E-state index in [0.29, 0.717) is 38.7 Å². The summed E-state index contributed by atoms with van der Waals surface area (Å²) in [7, 11) is 0. The average molecular weight is 354 g/mol. The highest BCUT2D eigenvalue weighted by Crippen LogP contribution is 2.09. The lowest BCUT2D eigenvalue weighted by Gasteiger charge is -2.34. The molecular weight excluding hydrogens is 332 g/mol. The van der Waals surface area contributed by atoms with E-state index >= 15 is 0 Å². The quantitative estimate of drug-likeness (QED) is 0.822. The fraction of sp³-hybridized carbons (Fsp3) is 0.333. The summed E-state index contributed by atoms with van der Waals surface area (Å²) in [6, 6.07) is 11.0. The van der Waals surface area contributed by atoms with Crippen LogP contribution in [0.15, 0.2) is 48.8 Å². The second-order valence-electron chi connectivity index (χ2n) is 5.94. The van der Waals surface area contributed by atoms with Crippen LogP contribution >= 0.6 is 0 Å². The number of anilines is 1. The number of aromatic nitrogens is 2. The van der Waals surface area contributed by atoms with Gasteiger partial charge in [0.25, 0.3) is 0 Å². The first-order valence-electron chi connectivity index (χ1n) is 8.58. The van der Waals surface area contributed by atoms with Crippen LogP contribution in [0.4, 0.5) is 10.7 Å². The molecule has 2 N–H and O–H groups in total. The lowest BCUT2D eigenvalue weighted by Crippen LogP contribution is -2.52. The van der Waals surface area contributed by atoms with Crippen molar-refractivity contribution in [3.8, 4) is 0 Å². The number of piperazine rings is 1. The molecule has 1 aliphatic heterocycles. The summed E-state index contributed by atoms with van der Waals surface area (Å²) in [4.78, 5) is 36.3. The molecule has 1 aromatic carbocycles. The van der Waals surface area contributed by atoms with Gasteiger partial charge in [-0.3, -0.25) is 4.79 Å². The number of amides is 3. The molecule has 0 radical (unpaired) electrons. The summed E-state index contributed by atoms with van der Waals surface area (Å²) in [5, 5.41) is 5.35. The van der Waals surface area contributed by atoms with Gasteiger partial charge in [0.1, 0.15) is 0 Å². The van der Waals surface area contributed by atoms with Crippen LogP contribution in [0.25, 0.3) is 0 Å². The molecule has 136 valence electrons. The molecule has 0 unspecified atom stereocenters. The minimum atomic E-state index is -0.349. The minimum absolute atomic E-state index is 0.0114. The van der Waals surface area contributed by atoms with Crippen molar-refractivity contribution in [2.24, 2.45) is 0 Å². The SMILES string of the molecule is O=C(NCC(=O)N1CCN(c2ncccn2)CC1)NCc1ccccc1. The van der Waals surface area contributed by atoms with E-state index in [4.69, 9.17) is 0 Å². The van der Waals surface area contributed by atoms with Gasteiger partial charge in [-0.2, -0.15) is 0 Å². The molecule has 0 atom stereocenters. The van der Waals surface area contributed by atoms with Crippen LogP contribution in [0.5, 0.6) is 0 Å². The molecule has 8 heteroatoms. The molecule has 2 aromatic rings. The molecule has 1 aliphatic rings. The van der Waals surface area contributed by atoms with Gasteiger partial charge in [0.15, 0.2) is 0 Å². The number of nitrogens with zero attached hydrogens (tertiary/aromatic N) is 4. The zero-order chi connectivity index (χ0) is 18.2. The maximum absolute atomic E-state index is 12.3. The molecule has 26 heavy (non-hydrogen) atoms. The van der Waals surface area contributed by atoms with Crippen molar-refractivity contribution in [3.05, 3.63) is 54.4 Å². The molecule has 8 nitrogen and oxygen atoms in total. The third-order valence-electron chi connectivity index (χ3n) is 4.16.